The van der Waals surface area contributed by atoms with Gasteiger partial charge in [-0.3, -0.25) is 14.5 Å². The summed E-state index contributed by atoms with van der Waals surface area (Å²) in [6.07, 6.45) is 1.23. The van der Waals surface area contributed by atoms with Crippen LogP contribution in [0.3, 0.4) is 0 Å². The van der Waals surface area contributed by atoms with Gasteiger partial charge >= 0.3 is 0 Å². The molecule has 3 aromatic rings. The van der Waals surface area contributed by atoms with Crippen molar-refractivity contribution in [1.29, 1.82) is 0 Å². The number of quaternary nitrogens is 1. The number of ether oxygens (including phenoxy) is 1. The van der Waals surface area contributed by atoms with Crippen LogP contribution in [0, 0.1) is 5.21 Å². The summed E-state index contributed by atoms with van der Waals surface area (Å²) in [5.41, 5.74) is 3.63. The van der Waals surface area contributed by atoms with E-state index in [2.05, 4.69) is 9.88 Å². The first-order valence-corrected chi connectivity index (χ1v) is 12.8. The standard InChI is InChI=1S/C27H31N5O5/c33-24-17-30(10-4-9-29-11-13-37-14-12-29)27(34)23-16-21-20-7-1-2-8-22(20)28-25(21)26(31(23)24)18-5-3-6-19(15-18)32(35)36/h1-3,5-8,15,23,26,28,32,35H,4,9-14,16-17H2. The Labute approximate surface area is 214 Å². The predicted molar refractivity (Wildman–Crippen MR) is 135 cm³/mol. The van der Waals surface area contributed by atoms with E-state index in [1.807, 2.05) is 30.3 Å². The van der Waals surface area contributed by atoms with Gasteiger partial charge in [-0.2, -0.15) is 5.23 Å². The molecule has 3 aliphatic heterocycles. The highest BCUT2D eigenvalue weighted by Crippen LogP contribution is 2.42. The third-order valence-corrected chi connectivity index (χ3v) is 7.80. The number of carbonyl (C=O) groups excluding carboxylic acids is 2. The van der Waals surface area contributed by atoms with Crippen LogP contribution in [-0.4, -0.2) is 88.7 Å². The van der Waals surface area contributed by atoms with Crippen LogP contribution in [0.4, 0.5) is 5.69 Å². The second-order valence-corrected chi connectivity index (χ2v) is 9.98. The molecule has 3 unspecified atom stereocenters. The SMILES string of the molecule is O=C1C2Cc3c([nH]c4ccccc34)C(c3cccc([NH+]([O-])O)c3)N2C(=O)CN1CCCN1CCOCC1. The van der Waals surface area contributed by atoms with Crippen LogP contribution < -0.4 is 5.23 Å². The van der Waals surface area contributed by atoms with Gasteiger partial charge in [-0.05, 0) is 23.6 Å². The molecule has 6 rings (SSSR count). The van der Waals surface area contributed by atoms with Crippen molar-refractivity contribution in [3.8, 4) is 0 Å². The van der Waals surface area contributed by atoms with Crippen LogP contribution in [0.15, 0.2) is 48.5 Å². The lowest BCUT2D eigenvalue weighted by atomic mass is 9.86. The van der Waals surface area contributed by atoms with Crippen LogP contribution in [0.25, 0.3) is 10.9 Å². The second-order valence-electron chi connectivity index (χ2n) is 9.98. The van der Waals surface area contributed by atoms with Crippen LogP contribution in [0.2, 0.25) is 0 Å². The monoisotopic (exact) mass is 505 g/mol. The average molecular weight is 506 g/mol. The van der Waals surface area contributed by atoms with E-state index in [1.54, 1.807) is 21.9 Å². The largest absolute Gasteiger partial charge is 0.595 e. The molecular formula is C27H31N5O5. The lowest BCUT2D eigenvalue weighted by molar-refractivity contribution is -0.991. The third-order valence-electron chi connectivity index (χ3n) is 7.80. The fraction of sp³-hybridized carbons (Fsp3) is 0.407. The molecule has 0 bridgehead atoms. The van der Waals surface area contributed by atoms with Crippen molar-refractivity contribution in [3.63, 3.8) is 0 Å². The predicted octanol–water partition coefficient (Wildman–Crippen LogP) is 0.979. The van der Waals surface area contributed by atoms with Crippen LogP contribution >= 0.6 is 0 Å². The molecule has 2 amide bonds. The number of nitrogens with zero attached hydrogens (tertiary/aromatic N) is 3. The summed E-state index contributed by atoms with van der Waals surface area (Å²) in [7, 11) is 0. The maximum absolute atomic E-state index is 13.8. The van der Waals surface area contributed by atoms with Gasteiger partial charge in [0.2, 0.25) is 11.8 Å². The second kappa shape index (κ2) is 9.88. The molecule has 3 atom stereocenters. The molecular weight excluding hydrogens is 474 g/mol. The molecule has 3 aliphatic rings. The minimum absolute atomic E-state index is 0.0309. The van der Waals surface area contributed by atoms with E-state index in [-0.39, 0.29) is 24.0 Å². The summed E-state index contributed by atoms with van der Waals surface area (Å²) in [5, 5.41) is 21.3. The van der Waals surface area contributed by atoms with Crippen molar-refractivity contribution in [2.45, 2.75) is 24.9 Å². The van der Waals surface area contributed by atoms with Gasteiger partial charge in [-0.25, -0.2) is 5.21 Å². The Morgan fingerprint density at radius 1 is 1.08 bits per heavy atom. The van der Waals surface area contributed by atoms with Gasteiger partial charge in [0.1, 0.15) is 6.04 Å². The summed E-state index contributed by atoms with van der Waals surface area (Å²) >= 11 is 0. The molecule has 0 spiro atoms. The molecule has 2 fully saturated rings. The molecule has 2 saturated heterocycles. The Bertz CT molecular complexity index is 1320. The van der Waals surface area contributed by atoms with E-state index in [1.165, 1.54) is 6.07 Å². The van der Waals surface area contributed by atoms with Gasteiger partial charge in [0.25, 0.3) is 0 Å². The Morgan fingerprint density at radius 3 is 2.70 bits per heavy atom. The minimum atomic E-state index is -1.03. The Hall–Kier alpha value is -3.28. The lowest BCUT2D eigenvalue weighted by Gasteiger charge is -2.47. The molecule has 1 aromatic heterocycles. The third kappa shape index (κ3) is 4.41. The maximum atomic E-state index is 13.8. The van der Waals surface area contributed by atoms with Gasteiger partial charge < -0.3 is 24.7 Å². The number of benzene rings is 2. The zero-order chi connectivity index (χ0) is 25.5. The molecule has 0 radical (unpaired) electrons. The lowest BCUT2D eigenvalue weighted by Crippen LogP contribution is -2.99. The van der Waals surface area contributed by atoms with E-state index < -0.39 is 17.3 Å². The summed E-state index contributed by atoms with van der Waals surface area (Å²) in [6, 6.07) is 13.4. The normalized spacial score (nSPS) is 23.3. The number of fused-ring (bicyclic) bond motifs is 4. The van der Waals surface area contributed by atoms with Crippen molar-refractivity contribution >= 4 is 28.4 Å². The van der Waals surface area contributed by atoms with Gasteiger partial charge in [0.15, 0.2) is 5.69 Å². The summed E-state index contributed by atoms with van der Waals surface area (Å²) in [5.74, 6) is -0.164. The van der Waals surface area contributed by atoms with Crippen molar-refractivity contribution in [1.82, 2.24) is 19.7 Å². The quantitative estimate of drug-likeness (QED) is 0.430. The highest BCUT2D eigenvalue weighted by molar-refractivity contribution is 5.97. The number of para-hydroxylation sites is 1. The molecule has 10 heteroatoms. The van der Waals surface area contributed by atoms with Crippen LogP contribution in [-0.2, 0) is 20.7 Å². The molecule has 0 saturated carbocycles. The molecule has 0 aliphatic carbocycles. The van der Waals surface area contributed by atoms with E-state index in [0.717, 1.165) is 61.4 Å². The number of amides is 2. The minimum Gasteiger partial charge on any atom is -0.595 e. The maximum Gasteiger partial charge on any atom is 0.246 e. The Morgan fingerprint density at radius 2 is 1.89 bits per heavy atom. The van der Waals surface area contributed by atoms with Gasteiger partial charge in [-0.1, -0.05) is 30.3 Å². The molecule has 194 valence electrons. The van der Waals surface area contributed by atoms with E-state index in [9.17, 15) is 20.0 Å². The number of carbonyl (C=O) groups is 2. The number of hydrogen-bond acceptors (Lipinski definition) is 6. The first-order chi connectivity index (χ1) is 18.0. The summed E-state index contributed by atoms with van der Waals surface area (Å²) in [4.78, 5) is 36.6. The number of piperazine rings is 1. The van der Waals surface area contributed by atoms with E-state index >= 15 is 0 Å². The molecule has 2 aromatic carbocycles. The Balaban J connectivity index is 1.33. The number of aromatic nitrogens is 1. The first-order valence-electron chi connectivity index (χ1n) is 12.8. The topological polar surface area (TPSA) is 117 Å². The number of rotatable bonds is 6. The number of nitrogens with one attached hydrogen (secondary N) is 2. The fourth-order valence-electron chi connectivity index (χ4n) is 6.01. The Kier molecular flexibility index (Phi) is 6.43. The molecule has 3 N–H and O–H groups in total. The van der Waals surface area contributed by atoms with Crippen molar-refractivity contribution in [3.05, 3.63) is 70.6 Å². The fourth-order valence-corrected chi connectivity index (χ4v) is 6.01. The first kappa shape index (κ1) is 24.1. The number of morpholine rings is 1. The smallest absolute Gasteiger partial charge is 0.246 e. The molecule has 37 heavy (non-hydrogen) atoms. The number of H-pyrrole nitrogens is 1. The number of hydrogen-bond donors (Lipinski definition) is 3. The van der Waals surface area contributed by atoms with E-state index in [0.29, 0.717) is 18.5 Å². The van der Waals surface area contributed by atoms with Crippen LogP contribution in [0.1, 0.15) is 29.3 Å². The molecule has 4 heterocycles. The summed E-state index contributed by atoms with van der Waals surface area (Å²) < 4.78 is 5.41. The van der Waals surface area contributed by atoms with Crippen molar-refractivity contribution in [2.75, 3.05) is 45.9 Å². The van der Waals surface area contributed by atoms with Gasteiger partial charge in [-0.15, -0.1) is 0 Å². The van der Waals surface area contributed by atoms with Gasteiger partial charge in [0.05, 0.1) is 25.8 Å². The summed E-state index contributed by atoms with van der Waals surface area (Å²) in [6.45, 7) is 4.68. The highest BCUT2D eigenvalue weighted by atomic mass is 16.8. The van der Waals surface area contributed by atoms with E-state index in [4.69, 9.17) is 4.74 Å². The zero-order valence-corrected chi connectivity index (χ0v) is 20.6. The van der Waals surface area contributed by atoms with Crippen LogP contribution in [0.5, 0.6) is 0 Å². The van der Waals surface area contributed by atoms with Gasteiger partial charge in [0, 0.05) is 61.3 Å². The van der Waals surface area contributed by atoms with Crippen molar-refractivity contribution < 1.29 is 24.8 Å². The average Bonchev–Trinajstić information content (AvgIpc) is 3.29. The highest BCUT2D eigenvalue weighted by Gasteiger charge is 2.48. The van der Waals surface area contributed by atoms with Crippen molar-refractivity contribution in [2.24, 2.45) is 0 Å². The number of aromatic amines is 1. The zero-order valence-electron chi connectivity index (χ0n) is 20.6. The molecule has 10 nitrogen and oxygen atoms in total.